The van der Waals surface area contributed by atoms with Crippen molar-refractivity contribution in [3.8, 4) is 0 Å². The summed E-state index contributed by atoms with van der Waals surface area (Å²) >= 11 is 1.41. The number of likely N-dealkylation sites (tertiary alicyclic amines) is 1. The molecule has 1 saturated carbocycles. The molecule has 3 N–H and O–H groups in total. The van der Waals surface area contributed by atoms with Gasteiger partial charge in [0.05, 0.1) is 6.54 Å². The number of hydrogen-bond acceptors (Lipinski definition) is 6. The third-order valence-electron chi connectivity index (χ3n) is 5.51. The lowest BCUT2D eigenvalue weighted by Gasteiger charge is -2.31. The van der Waals surface area contributed by atoms with Crippen LogP contribution < -0.4 is 10.6 Å². The quantitative estimate of drug-likeness (QED) is 0.688. The van der Waals surface area contributed by atoms with Gasteiger partial charge in [0.25, 0.3) is 5.91 Å². The minimum atomic E-state index is -0.0927. The van der Waals surface area contributed by atoms with Crippen LogP contribution in [0.1, 0.15) is 60.6 Å². The second-order valence-electron chi connectivity index (χ2n) is 7.62. The average Bonchev–Trinajstić information content (AvgIpc) is 3.44. The van der Waals surface area contributed by atoms with Gasteiger partial charge >= 0.3 is 0 Å². The number of nitrogens with one attached hydrogen (secondary N) is 3. The van der Waals surface area contributed by atoms with E-state index < -0.39 is 0 Å². The fourth-order valence-electron chi connectivity index (χ4n) is 4.09. The van der Waals surface area contributed by atoms with Gasteiger partial charge in [0.2, 0.25) is 5.91 Å². The van der Waals surface area contributed by atoms with Crippen molar-refractivity contribution >= 4 is 28.3 Å². The number of thiazole rings is 1. The van der Waals surface area contributed by atoms with Gasteiger partial charge in [0.1, 0.15) is 5.69 Å². The van der Waals surface area contributed by atoms with Crippen LogP contribution in [0.4, 0.5) is 5.13 Å². The molecule has 2 aliphatic rings. The lowest BCUT2D eigenvalue weighted by Crippen LogP contribution is -2.39. The molecule has 0 aromatic carbocycles. The molecule has 0 spiro atoms. The fourth-order valence-corrected chi connectivity index (χ4v) is 4.64. The predicted molar refractivity (Wildman–Crippen MR) is 107 cm³/mol. The molecule has 1 aliphatic carbocycles. The highest BCUT2D eigenvalue weighted by atomic mass is 32.1. The molecule has 2 amide bonds. The van der Waals surface area contributed by atoms with E-state index in [4.69, 9.17) is 0 Å². The number of carbonyl (C=O) groups is 2. The summed E-state index contributed by atoms with van der Waals surface area (Å²) in [5.41, 5.74) is 1.43. The van der Waals surface area contributed by atoms with E-state index in [1.807, 2.05) is 11.4 Å². The molecule has 9 heteroatoms. The Morgan fingerprint density at radius 3 is 2.89 bits per heavy atom. The largest absolute Gasteiger partial charge is 0.348 e. The van der Waals surface area contributed by atoms with Gasteiger partial charge in [-0.25, -0.2) is 4.98 Å². The molecule has 3 heterocycles. The van der Waals surface area contributed by atoms with E-state index in [0.29, 0.717) is 17.4 Å². The van der Waals surface area contributed by atoms with E-state index in [2.05, 4.69) is 30.7 Å². The van der Waals surface area contributed by atoms with Gasteiger partial charge in [-0.15, -0.1) is 11.3 Å². The molecule has 4 rings (SSSR count). The third kappa shape index (κ3) is 4.77. The number of piperidine rings is 1. The molecule has 28 heavy (non-hydrogen) atoms. The zero-order valence-corrected chi connectivity index (χ0v) is 16.6. The van der Waals surface area contributed by atoms with Crippen molar-refractivity contribution in [2.45, 2.75) is 50.5 Å². The molecule has 1 saturated heterocycles. The molecule has 0 bridgehead atoms. The SMILES string of the molecule is O=C(CN1CCC[C@H](c2cc(C(=O)NC3CCCC3)n[nH]2)C1)Nc1nccs1. The molecule has 0 radical (unpaired) electrons. The van der Waals surface area contributed by atoms with Crippen molar-refractivity contribution in [3.63, 3.8) is 0 Å². The van der Waals surface area contributed by atoms with Gasteiger partial charge in [-0.05, 0) is 38.3 Å². The van der Waals surface area contributed by atoms with Gasteiger partial charge in [-0.3, -0.25) is 19.6 Å². The number of hydrogen-bond donors (Lipinski definition) is 3. The van der Waals surface area contributed by atoms with E-state index in [-0.39, 0.29) is 23.8 Å². The highest BCUT2D eigenvalue weighted by molar-refractivity contribution is 7.13. The van der Waals surface area contributed by atoms with Crippen LogP contribution >= 0.6 is 11.3 Å². The van der Waals surface area contributed by atoms with Crippen LogP contribution in [-0.2, 0) is 4.79 Å². The highest BCUT2D eigenvalue weighted by Crippen LogP contribution is 2.26. The molecule has 150 valence electrons. The molecular weight excluding hydrogens is 376 g/mol. The van der Waals surface area contributed by atoms with Crippen molar-refractivity contribution in [3.05, 3.63) is 29.0 Å². The summed E-state index contributed by atoms with van der Waals surface area (Å²) in [4.78, 5) is 30.9. The second-order valence-corrected chi connectivity index (χ2v) is 8.52. The van der Waals surface area contributed by atoms with Crippen molar-refractivity contribution in [2.24, 2.45) is 0 Å². The van der Waals surface area contributed by atoms with Crippen LogP contribution in [0, 0.1) is 0 Å². The van der Waals surface area contributed by atoms with Crippen molar-refractivity contribution in [1.82, 2.24) is 25.4 Å². The lowest BCUT2D eigenvalue weighted by molar-refractivity contribution is -0.117. The topological polar surface area (TPSA) is 103 Å². The van der Waals surface area contributed by atoms with Gasteiger partial charge in [-0.2, -0.15) is 5.10 Å². The van der Waals surface area contributed by atoms with Crippen LogP contribution in [0.25, 0.3) is 0 Å². The Bertz CT molecular complexity index is 799. The third-order valence-corrected chi connectivity index (χ3v) is 6.20. The molecular formula is C19H26N6O2S. The number of rotatable bonds is 6. The van der Waals surface area contributed by atoms with Crippen LogP contribution in [0.2, 0.25) is 0 Å². The zero-order valence-electron chi connectivity index (χ0n) is 15.8. The molecule has 8 nitrogen and oxygen atoms in total. The first-order valence-corrected chi connectivity index (χ1v) is 10.8. The Balaban J connectivity index is 1.31. The monoisotopic (exact) mass is 402 g/mol. The van der Waals surface area contributed by atoms with Gasteiger partial charge < -0.3 is 10.6 Å². The number of anilines is 1. The number of amides is 2. The molecule has 1 atom stereocenters. The Labute approximate surface area is 168 Å². The molecule has 0 unspecified atom stereocenters. The summed E-state index contributed by atoms with van der Waals surface area (Å²) in [5.74, 6) is 0.115. The van der Waals surface area contributed by atoms with E-state index >= 15 is 0 Å². The van der Waals surface area contributed by atoms with E-state index in [9.17, 15) is 9.59 Å². The summed E-state index contributed by atoms with van der Waals surface area (Å²) in [6.45, 7) is 2.02. The summed E-state index contributed by atoms with van der Waals surface area (Å²) in [6.07, 6.45) is 8.20. The van der Waals surface area contributed by atoms with Crippen LogP contribution in [0.3, 0.4) is 0 Å². The number of H-pyrrole nitrogens is 1. The maximum absolute atomic E-state index is 12.4. The first kappa shape index (κ1) is 19.1. The molecule has 2 fully saturated rings. The zero-order chi connectivity index (χ0) is 19.3. The van der Waals surface area contributed by atoms with Gasteiger partial charge in [0, 0.05) is 35.8 Å². The fraction of sp³-hybridized carbons (Fsp3) is 0.579. The highest BCUT2D eigenvalue weighted by Gasteiger charge is 2.26. The predicted octanol–water partition coefficient (Wildman–Crippen LogP) is 2.36. The Morgan fingerprint density at radius 2 is 2.11 bits per heavy atom. The Kier molecular flexibility index (Phi) is 6.01. The molecule has 2 aromatic heterocycles. The van der Waals surface area contributed by atoms with Gasteiger partial charge in [0.15, 0.2) is 5.13 Å². The molecule has 1 aliphatic heterocycles. The van der Waals surface area contributed by atoms with E-state index in [0.717, 1.165) is 44.5 Å². The minimum absolute atomic E-state index is 0.0446. The van der Waals surface area contributed by atoms with E-state index in [1.54, 1.807) is 6.20 Å². The standard InChI is InChI=1S/C19H26N6O2S/c26-17(22-19-20-7-9-28-19)12-25-8-3-4-13(11-25)15-10-16(24-23-15)18(27)21-14-5-1-2-6-14/h7,9-10,13-14H,1-6,8,11-12H2,(H,21,27)(H,23,24)(H,20,22,26)/t13-/m0/s1. The van der Waals surface area contributed by atoms with Crippen molar-refractivity contribution < 1.29 is 9.59 Å². The summed E-state index contributed by atoms with van der Waals surface area (Å²) in [7, 11) is 0. The number of aromatic nitrogens is 3. The van der Waals surface area contributed by atoms with Crippen molar-refractivity contribution in [1.29, 1.82) is 0 Å². The Morgan fingerprint density at radius 1 is 1.25 bits per heavy atom. The average molecular weight is 403 g/mol. The van der Waals surface area contributed by atoms with Crippen LogP contribution in [-0.4, -0.2) is 57.6 Å². The van der Waals surface area contributed by atoms with Crippen LogP contribution in [0.5, 0.6) is 0 Å². The first-order chi connectivity index (χ1) is 13.7. The van der Waals surface area contributed by atoms with E-state index in [1.165, 1.54) is 24.2 Å². The number of carbonyl (C=O) groups excluding carboxylic acids is 2. The van der Waals surface area contributed by atoms with Gasteiger partial charge in [-0.1, -0.05) is 12.8 Å². The van der Waals surface area contributed by atoms with Crippen molar-refractivity contribution in [2.75, 3.05) is 25.0 Å². The summed E-state index contributed by atoms with van der Waals surface area (Å²) in [5, 5.41) is 15.6. The maximum Gasteiger partial charge on any atom is 0.271 e. The summed E-state index contributed by atoms with van der Waals surface area (Å²) in [6, 6.07) is 2.16. The second kappa shape index (κ2) is 8.83. The van der Waals surface area contributed by atoms with Crippen LogP contribution in [0.15, 0.2) is 17.6 Å². The lowest BCUT2D eigenvalue weighted by atomic mass is 9.94. The normalized spacial score (nSPS) is 20.9. The minimum Gasteiger partial charge on any atom is -0.348 e. The number of aromatic amines is 1. The summed E-state index contributed by atoms with van der Waals surface area (Å²) < 4.78 is 0. The maximum atomic E-state index is 12.4. The Hall–Kier alpha value is -2.26. The first-order valence-electron chi connectivity index (χ1n) is 9.95. The number of nitrogens with zero attached hydrogens (tertiary/aromatic N) is 3. The molecule has 2 aromatic rings. The smallest absolute Gasteiger partial charge is 0.271 e.